The van der Waals surface area contributed by atoms with Gasteiger partial charge in [-0.05, 0) is 48.9 Å². The van der Waals surface area contributed by atoms with Gasteiger partial charge in [0.1, 0.15) is 5.75 Å². The second kappa shape index (κ2) is 6.83. The van der Waals surface area contributed by atoms with E-state index in [9.17, 15) is 4.79 Å². The molecule has 21 heavy (non-hydrogen) atoms. The summed E-state index contributed by atoms with van der Waals surface area (Å²) < 4.78 is 6.27. The number of nitrogens with one attached hydrogen (secondary N) is 1. The minimum atomic E-state index is -0.281. The Balaban J connectivity index is 1.94. The summed E-state index contributed by atoms with van der Waals surface area (Å²) in [6.07, 6.45) is 0. The number of aryl methyl sites for hydroxylation is 1. The average molecular weight is 370 g/mol. The molecule has 110 valence electrons. The molecule has 2 aromatic rings. The van der Waals surface area contributed by atoms with Gasteiger partial charge in [0.05, 0.1) is 11.4 Å². The molecule has 3 N–H and O–H groups in total. The molecule has 0 spiro atoms. The third kappa shape index (κ3) is 4.37. The molecule has 0 heterocycles. The Labute approximate surface area is 136 Å². The van der Waals surface area contributed by atoms with Crippen LogP contribution in [0.3, 0.4) is 0 Å². The number of nitrogens with two attached hydrogens (primary N) is 1. The molecule has 2 rings (SSSR count). The van der Waals surface area contributed by atoms with Gasteiger partial charge in [0.25, 0.3) is 5.91 Å². The van der Waals surface area contributed by atoms with Crippen LogP contribution in [0.2, 0.25) is 5.02 Å². The number of hydrogen-bond donors (Lipinski definition) is 2. The van der Waals surface area contributed by atoms with Crippen LogP contribution in [0, 0.1) is 6.92 Å². The first-order valence-electron chi connectivity index (χ1n) is 6.19. The minimum Gasteiger partial charge on any atom is -0.484 e. The average Bonchev–Trinajstić information content (AvgIpc) is 2.43. The monoisotopic (exact) mass is 368 g/mol. The Hall–Kier alpha value is -1.72. The molecule has 1 amide bonds. The molecule has 2 aromatic carbocycles. The quantitative estimate of drug-likeness (QED) is 0.800. The van der Waals surface area contributed by atoms with Gasteiger partial charge in [-0.1, -0.05) is 27.5 Å². The highest BCUT2D eigenvalue weighted by Crippen LogP contribution is 2.23. The van der Waals surface area contributed by atoms with Gasteiger partial charge >= 0.3 is 0 Å². The van der Waals surface area contributed by atoms with Gasteiger partial charge in [0.15, 0.2) is 6.61 Å². The van der Waals surface area contributed by atoms with E-state index >= 15 is 0 Å². The molecule has 0 bridgehead atoms. The normalized spacial score (nSPS) is 10.2. The lowest BCUT2D eigenvalue weighted by molar-refractivity contribution is -0.118. The van der Waals surface area contributed by atoms with E-state index in [1.807, 2.05) is 6.92 Å². The SMILES string of the molecule is Cc1cc(OCC(=O)Nc2ccc(Br)cc2N)ccc1Cl. The Morgan fingerprint density at radius 1 is 1.33 bits per heavy atom. The van der Waals surface area contributed by atoms with Crippen molar-refractivity contribution in [2.24, 2.45) is 0 Å². The number of carbonyl (C=O) groups is 1. The van der Waals surface area contributed by atoms with Crippen molar-refractivity contribution in [3.63, 3.8) is 0 Å². The topological polar surface area (TPSA) is 64.3 Å². The van der Waals surface area contributed by atoms with Crippen molar-refractivity contribution in [2.75, 3.05) is 17.7 Å². The summed E-state index contributed by atoms with van der Waals surface area (Å²) in [5, 5.41) is 3.36. The van der Waals surface area contributed by atoms with E-state index < -0.39 is 0 Å². The molecule has 0 unspecified atom stereocenters. The summed E-state index contributed by atoms with van der Waals surface area (Å²) in [4.78, 5) is 11.8. The lowest BCUT2D eigenvalue weighted by Crippen LogP contribution is -2.20. The van der Waals surface area contributed by atoms with Gasteiger partial charge in [-0.2, -0.15) is 0 Å². The molecule has 0 saturated carbocycles. The van der Waals surface area contributed by atoms with Crippen LogP contribution in [0.5, 0.6) is 5.75 Å². The van der Waals surface area contributed by atoms with Crippen LogP contribution in [-0.2, 0) is 4.79 Å². The number of ether oxygens (including phenoxy) is 1. The van der Waals surface area contributed by atoms with Crippen LogP contribution < -0.4 is 15.8 Å². The number of halogens is 2. The molecule has 0 aliphatic heterocycles. The highest BCUT2D eigenvalue weighted by atomic mass is 79.9. The number of benzene rings is 2. The van der Waals surface area contributed by atoms with Gasteiger partial charge in [-0.3, -0.25) is 4.79 Å². The third-order valence-electron chi connectivity index (χ3n) is 2.79. The number of rotatable bonds is 4. The number of hydrogen-bond acceptors (Lipinski definition) is 3. The molecule has 0 radical (unpaired) electrons. The van der Waals surface area contributed by atoms with E-state index in [-0.39, 0.29) is 12.5 Å². The molecule has 4 nitrogen and oxygen atoms in total. The van der Waals surface area contributed by atoms with E-state index in [1.54, 1.807) is 36.4 Å². The van der Waals surface area contributed by atoms with Crippen molar-refractivity contribution >= 4 is 44.8 Å². The molecule has 0 atom stereocenters. The smallest absolute Gasteiger partial charge is 0.262 e. The summed E-state index contributed by atoms with van der Waals surface area (Å²) in [7, 11) is 0. The predicted molar refractivity (Wildman–Crippen MR) is 88.9 cm³/mol. The van der Waals surface area contributed by atoms with Gasteiger partial charge in [0.2, 0.25) is 0 Å². The third-order valence-corrected chi connectivity index (χ3v) is 3.70. The lowest BCUT2D eigenvalue weighted by Gasteiger charge is -2.10. The van der Waals surface area contributed by atoms with Crippen LogP contribution in [-0.4, -0.2) is 12.5 Å². The summed E-state index contributed by atoms with van der Waals surface area (Å²) in [6.45, 7) is 1.77. The van der Waals surface area contributed by atoms with E-state index in [0.717, 1.165) is 10.0 Å². The van der Waals surface area contributed by atoms with E-state index in [4.69, 9.17) is 22.1 Å². The fraction of sp³-hybridized carbons (Fsp3) is 0.133. The highest BCUT2D eigenvalue weighted by molar-refractivity contribution is 9.10. The van der Waals surface area contributed by atoms with Crippen molar-refractivity contribution in [1.29, 1.82) is 0 Å². The van der Waals surface area contributed by atoms with Gasteiger partial charge in [-0.15, -0.1) is 0 Å². The summed E-state index contributed by atoms with van der Waals surface area (Å²) >= 11 is 9.24. The molecule has 0 aromatic heterocycles. The lowest BCUT2D eigenvalue weighted by atomic mass is 10.2. The Bertz CT molecular complexity index is 677. The maximum absolute atomic E-state index is 11.8. The van der Waals surface area contributed by atoms with Crippen molar-refractivity contribution in [3.05, 3.63) is 51.5 Å². The molecular formula is C15H14BrClN2O2. The molecule has 0 saturated heterocycles. The Morgan fingerprint density at radius 3 is 2.76 bits per heavy atom. The number of carbonyl (C=O) groups excluding carboxylic acids is 1. The second-order valence-electron chi connectivity index (χ2n) is 4.48. The minimum absolute atomic E-state index is 0.101. The number of anilines is 2. The van der Waals surface area contributed by atoms with Crippen molar-refractivity contribution < 1.29 is 9.53 Å². The van der Waals surface area contributed by atoms with Crippen LogP contribution >= 0.6 is 27.5 Å². The largest absolute Gasteiger partial charge is 0.484 e. The first-order chi connectivity index (χ1) is 9.95. The highest BCUT2D eigenvalue weighted by Gasteiger charge is 2.07. The number of amides is 1. The van der Waals surface area contributed by atoms with E-state index in [0.29, 0.717) is 22.1 Å². The fourth-order valence-electron chi connectivity index (χ4n) is 1.69. The molecule has 0 aliphatic carbocycles. The van der Waals surface area contributed by atoms with Gasteiger partial charge in [0, 0.05) is 9.50 Å². The van der Waals surface area contributed by atoms with Gasteiger partial charge in [-0.25, -0.2) is 0 Å². The Kier molecular flexibility index (Phi) is 5.09. The van der Waals surface area contributed by atoms with Gasteiger partial charge < -0.3 is 15.8 Å². The molecule has 0 fully saturated rings. The van der Waals surface area contributed by atoms with Crippen molar-refractivity contribution in [3.8, 4) is 5.75 Å². The van der Waals surface area contributed by atoms with E-state index in [2.05, 4.69) is 21.2 Å². The zero-order chi connectivity index (χ0) is 15.4. The van der Waals surface area contributed by atoms with Crippen LogP contribution in [0.4, 0.5) is 11.4 Å². The van der Waals surface area contributed by atoms with Crippen molar-refractivity contribution in [2.45, 2.75) is 6.92 Å². The molecule has 0 aliphatic rings. The standard InChI is InChI=1S/C15H14BrClN2O2/c1-9-6-11(3-4-12(9)17)21-8-15(20)19-14-5-2-10(16)7-13(14)18/h2-7H,8,18H2,1H3,(H,19,20). The first kappa shape index (κ1) is 15.7. The van der Waals surface area contributed by atoms with E-state index in [1.165, 1.54) is 0 Å². The fourth-order valence-corrected chi connectivity index (χ4v) is 2.19. The summed E-state index contributed by atoms with van der Waals surface area (Å²) in [6, 6.07) is 10.5. The van der Waals surface area contributed by atoms with Crippen LogP contribution in [0.25, 0.3) is 0 Å². The van der Waals surface area contributed by atoms with Crippen LogP contribution in [0.1, 0.15) is 5.56 Å². The second-order valence-corrected chi connectivity index (χ2v) is 5.80. The first-order valence-corrected chi connectivity index (χ1v) is 7.36. The predicted octanol–water partition coefficient (Wildman–Crippen LogP) is 4.01. The summed E-state index contributed by atoms with van der Waals surface area (Å²) in [5.74, 6) is 0.312. The zero-order valence-electron chi connectivity index (χ0n) is 11.3. The summed E-state index contributed by atoms with van der Waals surface area (Å²) in [5.41, 5.74) is 7.75. The molecular weight excluding hydrogens is 356 g/mol. The number of nitrogen functional groups attached to an aromatic ring is 1. The molecule has 6 heteroatoms. The zero-order valence-corrected chi connectivity index (χ0v) is 13.7. The van der Waals surface area contributed by atoms with Crippen LogP contribution in [0.15, 0.2) is 40.9 Å². The Morgan fingerprint density at radius 2 is 2.10 bits per heavy atom. The maximum atomic E-state index is 11.8. The maximum Gasteiger partial charge on any atom is 0.262 e. The van der Waals surface area contributed by atoms with Crippen molar-refractivity contribution in [1.82, 2.24) is 0 Å².